The quantitative estimate of drug-likeness (QED) is 0.759. The molecule has 0 saturated carbocycles. The first-order chi connectivity index (χ1) is 7.70. The molecule has 1 aliphatic heterocycles. The van der Waals surface area contributed by atoms with Gasteiger partial charge in [-0.05, 0) is 25.3 Å². The molecular weight excluding hydrogens is 198 g/mol. The third-order valence-electron chi connectivity index (χ3n) is 3.28. The highest BCUT2D eigenvalue weighted by Crippen LogP contribution is 2.24. The van der Waals surface area contributed by atoms with Crippen LogP contribution in [0.15, 0.2) is 18.3 Å². The Morgan fingerprint density at radius 3 is 3.00 bits per heavy atom. The Bertz CT molecular complexity index is 408. The van der Waals surface area contributed by atoms with E-state index in [4.69, 9.17) is 5.26 Å². The molecule has 3 heteroatoms. The molecule has 1 aromatic heterocycles. The smallest absolute Gasteiger partial charge is 0.144 e. The Balaban J connectivity index is 2.12. The second kappa shape index (κ2) is 4.63. The van der Waals surface area contributed by atoms with Crippen LogP contribution in [0.5, 0.6) is 0 Å². The molecule has 0 aliphatic carbocycles. The SMILES string of the molecule is CC1CC(C)N(Cc2cccnc2C#N)C1. The summed E-state index contributed by atoms with van der Waals surface area (Å²) in [5.41, 5.74) is 1.61. The second-order valence-electron chi connectivity index (χ2n) is 4.74. The maximum atomic E-state index is 8.98. The van der Waals surface area contributed by atoms with Gasteiger partial charge in [0.2, 0.25) is 0 Å². The molecule has 1 aromatic rings. The van der Waals surface area contributed by atoms with Gasteiger partial charge in [0.1, 0.15) is 11.8 Å². The molecule has 16 heavy (non-hydrogen) atoms. The summed E-state index contributed by atoms with van der Waals surface area (Å²) in [6.45, 7) is 6.51. The van der Waals surface area contributed by atoms with E-state index >= 15 is 0 Å². The van der Waals surface area contributed by atoms with Crippen LogP contribution in [0, 0.1) is 17.2 Å². The van der Waals surface area contributed by atoms with E-state index in [9.17, 15) is 0 Å². The van der Waals surface area contributed by atoms with Crippen molar-refractivity contribution in [1.29, 1.82) is 5.26 Å². The van der Waals surface area contributed by atoms with Crippen molar-refractivity contribution in [2.45, 2.75) is 32.9 Å². The van der Waals surface area contributed by atoms with Crippen molar-refractivity contribution >= 4 is 0 Å². The lowest BCUT2D eigenvalue weighted by atomic mass is 10.1. The number of aromatic nitrogens is 1. The van der Waals surface area contributed by atoms with Crippen molar-refractivity contribution in [3.8, 4) is 6.07 Å². The molecule has 2 rings (SSSR count). The van der Waals surface area contributed by atoms with Crippen LogP contribution in [-0.2, 0) is 6.54 Å². The summed E-state index contributed by atoms with van der Waals surface area (Å²) in [6, 6.07) is 6.67. The lowest BCUT2D eigenvalue weighted by Crippen LogP contribution is -2.27. The molecule has 0 bridgehead atoms. The second-order valence-corrected chi connectivity index (χ2v) is 4.74. The van der Waals surface area contributed by atoms with E-state index in [1.807, 2.05) is 12.1 Å². The maximum Gasteiger partial charge on any atom is 0.144 e. The molecular formula is C13H17N3. The van der Waals surface area contributed by atoms with Crippen LogP contribution in [-0.4, -0.2) is 22.5 Å². The highest BCUT2D eigenvalue weighted by atomic mass is 15.2. The Morgan fingerprint density at radius 2 is 2.38 bits per heavy atom. The molecule has 0 radical (unpaired) electrons. The van der Waals surface area contributed by atoms with Gasteiger partial charge in [-0.25, -0.2) is 4.98 Å². The average Bonchev–Trinajstić information content (AvgIpc) is 2.58. The highest BCUT2D eigenvalue weighted by Gasteiger charge is 2.26. The third kappa shape index (κ3) is 2.23. The fraction of sp³-hybridized carbons (Fsp3) is 0.538. The molecule has 0 aromatic carbocycles. The van der Waals surface area contributed by atoms with Crippen LogP contribution in [0.25, 0.3) is 0 Å². The number of rotatable bonds is 2. The minimum Gasteiger partial charge on any atom is -0.296 e. The van der Waals surface area contributed by atoms with Gasteiger partial charge in [-0.2, -0.15) is 5.26 Å². The Labute approximate surface area is 96.7 Å². The van der Waals surface area contributed by atoms with Gasteiger partial charge in [-0.1, -0.05) is 13.0 Å². The van der Waals surface area contributed by atoms with Gasteiger partial charge in [0.25, 0.3) is 0 Å². The largest absolute Gasteiger partial charge is 0.296 e. The molecule has 0 spiro atoms. The van der Waals surface area contributed by atoms with Crippen molar-refractivity contribution in [1.82, 2.24) is 9.88 Å². The number of likely N-dealkylation sites (tertiary alicyclic amines) is 1. The van der Waals surface area contributed by atoms with Crippen LogP contribution in [0.1, 0.15) is 31.5 Å². The first-order valence-corrected chi connectivity index (χ1v) is 5.78. The van der Waals surface area contributed by atoms with Gasteiger partial charge in [-0.15, -0.1) is 0 Å². The van der Waals surface area contributed by atoms with Gasteiger partial charge < -0.3 is 0 Å². The first-order valence-electron chi connectivity index (χ1n) is 5.78. The molecule has 1 fully saturated rings. The molecule has 84 valence electrons. The normalized spacial score (nSPS) is 25.6. The Morgan fingerprint density at radius 1 is 1.56 bits per heavy atom. The summed E-state index contributed by atoms with van der Waals surface area (Å²) in [4.78, 5) is 6.53. The monoisotopic (exact) mass is 215 g/mol. The maximum absolute atomic E-state index is 8.98. The molecule has 1 saturated heterocycles. The van der Waals surface area contributed by atoms with Gasteiger partial charge in [0.15, 0.2) is 0 Å². The minimum atomic E-state index is 0.564. The number of pyridine rings is 1. The molecule has 0 amide bonds. The summed E-state index contributed by atoms with van der Waals surface area (Å²) >= 11 is 0. The van der Waals surface area contributed by atoms with E-state index in [0.29, 0.717) is 11.7 Å². The van der Waals surface area contributed by atoms with Crippen LogP contribution in [0.3, 0.4) is 0 Å². The summed E-state index contributed by atoms with van der Waals surface area (Å²) in [6.07, 6.45) is 2.93. The fourth-order valence-corrected chi connectivity index (χ4v) is 2.49. The van der Waals surface area contributed by atoms with Gasteiger partial charge in [0, 0.05) is 30.9 Å². The first kappa shape index (κ1) is 11.1. The predicted octanol–water partition coefficient (Wildman–Crippen LogP) is 2.18. The number of nitriles is 1. The molecule has 0 N–H and O–H groups in total. The number of nitrogens with zero attached hydrogens (tertiary/aromatic N) is 3. The number of hydrogen-bond donors (Lipinski definition) is 0. The molecule has 2 atom stereocenters. The summed E-state index contributed by atoms with van der Waals surface area (Å²) in [5, 5.41) is 8.98. The standard InChI is InChI=1S/C13H17N3/c1-10-6-11(2)16(8-10)9-12-4-3-5-15-13(12)7-14/h3-5,10-11H,6,8-9H2,1-2H3. The topological polar surface area (TPSA) is 39.9 Å². The lowest BCUT2D eigenvalue weighted by Gasteiger charge is -2.21. The zero-order valence-electron chi connectivity index (χ0n) is 9.85. The summed E-state index contributed by atoms with van der Waals surface area (Å²) in [5.74, 6) is 0.761. The van der Waals surface area contributed by atoms with Gasteiger partial charge >= 0.3 is 0 Å². The predicted molar refractivity (Wildman–Crippen MR) is 62.6 cm³/mol. The Hall–Kier alpha value is -1.40. The van der Waals surface area contributed by atoms with E-state index in [-0.39, 0.29) is 0 Å². The van der Waals surface area contributed by atoms with Crippen molar-refractivity contribution in [3.05, 3.63) is 29.6 Å². The van der Waals surface area contributed by atoms with Crippen LogP contribution in [0.2, 0.25) is 0 Å². The van der Waals surface area contributed by atoms with Crippen LogP contribution < -0.4 is 0 Å². The highest BCUT2D eigenvalue weighted by molar-refractivity contribution is 5.30. The van der Waals surface area contributed by atoms with Crippen LogP contribution >= 0.6 is 0 Å². The van der Waals surface area contributed by atoms with E-state index in [2.05, 4.69) is 29.8 Å². The Kier molecular flexibility index (Phi) is 3.21. The third-order valence-corrected chi connectivity index (χ3v) is 3.28. The van der Waals surface area contributed by atoms with Gasteiger partial charge in [-0.3, -0.25) is 4.90 Å². The van der Waals surface area contributed by atoms with E-state index in [0.717, 1.165) is 24.6 Å². The van der Waals surface area contributed by atoms with Crippen LogP contribution in [0.4, 0.5) is 0 Å². The van der Waals surface area contributed by atoms with Crippen molar-refractivity contribution < 1.29 is 0 Å². The summed E-state index contributed by atoms with van der Waals surface area (Å²) < 4.78 is 0. The van der Waals surface area contributed by atoms with Crippen molar-refractivity contribution in [2.75, 3.05) is 6.54 Å². The van der Waals surface area contributed by atoms with E-state index < -0.39 is 0 Å². The molecule has 1 aliphatic rings. The minimum absolute atomic E-state index is 0.564. The van der Waals surface area contributed by atoms with Gasteiger partial charge in [0.05, 0.1) is 0 Å². The molecule has 3 nitrogen and oxygen atoms in total. The number of hydrogen-bond acceptors (Lipinski definition) is 3. The molecule has 2 unspecified atom stereocenters. The zero-order chi connectivity index (χ0) is 11.5. The van der Waals surface area contributed by atoms with E-state index in [1.165, 1.54) is 6.42 Å². The van der Waals surface area contributed by atoms with Crippen molar-refractivity contribution in [3.63, 3.8) is 0 Å². The van der Waals surface area contributed by atoms with Crippen molar-refractivity contribution in [2.24, 2.45) is 5.92 Å². The fourth-order valence-electron chi connectivity index (χ4n) is 2.49. The molecule has 2 heterocycles. The zero-order valence-corrected chi connectivity index (χ0v) is 9.85. The average molecular weight is 215 g/mol. The lowest BCUT2D eigenvalue weighted by molar-refractivity contribution is 0.256. The summed E-state index contributed by atoms with van der Waals surface area (Å²) in [7, 11) is 0. The van der Waals surface area contributed by atoms with E-state index in [1.54, 1.807) is 6.20 Å².